The van der Waals surface area contributed by atoms with Crippen molar-refractivity contribution in [3.63, 3.8) is 0 Å². The van der Waals surface area contributed by atoms with Crippen LogP contribution in [-0.4, -0.2) is 21.9 Å². The van der Waals surface area contributed by atoms with Crippen molar-refractivity contribution in [2.75, 3.05) is 0 Å². The van der Waals surface area contributed by atoms with E-state index in [1.807, 2.05) is 19.9 Å². The Bertz CT molecular complexity index is 326. The molecular formula is C15H26O2. The Balaban J connectivity index is 2.22. The molecule has 0 heterocycles. The smallest absolute Gasteiger partial charge is 0.0728 e. The van der Waals surface area contributed by atoms with Gasteiger partial charge in [-0.2, -0.15) is 0 Å². The first-order chi connectivity index (χ1) is 7.72. The maximum absolute atomic E-state index is 10.2. The fraction of sp³-hybridized carbons (Fsp3) is 0.867. The summed E-state index contributed by atoms with van der Waals surface area (Å²) in [6.45, 7) is 8.30. The monoisotopic (exact) mass is 238 g/mol. The third-order valence-corrected chi connectivity index (χ3v) is 5.10. The van der Waals surface area contributed by atoms with Crippen LogP contribution in [0.15, 0.2) is 11.6 Å². The van der Waals surface area contributed by atoms with Crippen LogP contribution in [0.3, 0.4) is 0 Å². The van der Waals surface area contributed by atoms with Crippen LogP contribution in [-0.2, 0) is 0 Å². The summed E-state index contributed by atoms with van der Waals surface area (Å²) in [5.74, 6) is 0.926. The average Bonchev–Trinajstić information content (AvgIpc) is 2.13. The van der Waals surface area contributed by atoms with Gasteiger partial charge in [0.2, 0.25) is 0 Å². The number of hydrogen-bond acceptors (Lipinski definition) is 2. The predicted molar refractivity (Wildman–Crippen MR) is 69.6 cm³/mol. The first kappa shape index (κ1) is 13.1. The summed E-state index contributed by atoms with van der Waals surface area (Å²) in [5.41, 5.74) is 0.984. The second-order valence-corrected chi connectivity index (χ2v) is 7.01. The van der Waals surface area contributed by atoms with Crippen molar-refractivity contribution in [2.24, 2.45) is 17.3 Å². The van der Waals surface area contributed by atoms with Crippen molar-refractivity contribution < 1.29 is 10.2 Å². The molecule has 2 rings (SSSR count). The molecule has 17 heavy (non-hydrogen) atoms. The molecule has 2 nitrogen and oxygen atoms in total. The molecule has 0 bridgehead atoms. The fourth-order valence-electron chi connectivity index (χ4n) is 3.94. The van der Waals surface area contributed by atoms with Crippen LogP contribution in [0.1, 0.15) is 53.4 Å². The van der Waals surface area contributed by atoms with Gasteiger partial charge < -0.3 is 10.2 Å². The zero-order chi connectivity index (χ0) is 12.8. The number of fused-ring (bicyclic) bond motifs is 1. The van der Waals surface area contributed by atoms with Crippen LogP contribution < -0.4 is 0 Å². The minimum atomic E-state index is -0.572. The predicted octanol–water partition coefficient (Wildman–Crippen LogP) is 2.89. The molecule has 1 saturated carbocycles. The molecule has 2 N–H and O–H groups in total. The Morgan fingerprint density at radius 1 is 1.41 bits per heavy atom. The van der Waals surface area contributed by atoms with E-state index in [2.05, 4.69) is 13.8 Å². The fourth-order valence-corrected chi connectivity index (χ4v) is 3.94. The highest BCUT2D eigenvalue weighted by atomic mass is 16.3. The van der Waals surface area contributed by atoms with Gasteiger partial charge in [-0.15, -0.1) is 0 Å². The van der Waals surface area contributed by atoms with E-state index in [-0.39, 0.29) is 11.5 Å². The molecule has 0 radical (unpaired) electrons. The van der Waals surface area contributed by atoms with Gasteiger partial charge in [0, 0.05) is 0 Å². The molecule has 98 valence electrons. The third-order valence-electron chi connectivity index (χ3n) is 5.10. The molecule has 0 aromatic rings. The SMILES string of the molecule is CC1=C[C@@H](O)C[C@]2(C)CC[C@@H](C(C)(C)O)CC12. The van der Waals surface area contributed by atoms with Crippen molar-refractivity contribution in [1.82, 2.24) is 0 Å². The molecule has 0 saturated heterocycles. The number of rotatable bonds is 1. The molecule has 0 aromatic heterocycles. The summed E-state index contributed by atoms with van der Waals surface area (Å²) in [7, 11) is 0. The second-order valence-electron chi connectivity index (χ2n) is 7.01. The lowest BCUT2D eigenvalue weighted by Crippen LogP contribution is -2.45. The van der Waals surface area contributed by atoms with Gasteiger partial charge in [0.1, 0.15) is 0 Å². The van der Waals surface area contributed by atoms with E-state index < -0.39 is 5.60 Å². The van der Waals surface area contributed by atoms with Crippen molar-refractivity contribution in [2.45, 2.75) is 65.1 Å². The summed E-state index contributed by atoms with van der Waals surface area (Å²) in [5, 5.41) is 20.1. The van der Waals surface area contributed by atoms with E-state index >= 15 is 0 Å². The molecule has 0 aromatic carbocycles. The Morgan fingerprint density at radius 3 is 2.65 bits per heavy atom. The normalized spacial score (nSPS) is 42.9. The number of aliphatic hydroxyl groups excluding tert-OH is 1. The highest BCUT2D eigenvalue weighted by Crippen LogP contribution is 2.53. The molecule has 0 aliphatic heterocycles. The summed E-state index contributed by atoms with van der Waals surface area (Å²) < 4.78 is 0. The first-order valence-corrected chi connectivity index (χ1v) is 6.81. The molecule has 2 aliphatic rings. The zero-order valence-corrected chi connectivity index (χ0v) is 11.5. The van der Waals surface area contributed by atoms with Gasteiger partial charge in [-0.05, 0) is 63.7 Å². The van der Waals surface area contributed by atoms with E-state index in [0.29, 0.717) is 11.8 Å². The highest BCUT2D eigenvalue weighted by Gasteiger charge is 2.46. The Hall–Kier alpha value is -0.340. The van der Waals surface area contributed by atoms with Gasteiger partial charge >= 0.3 is 0 Å². The lowest BCUT2D eigenvalue weighted by atomic mass is 9.56. The highest BCUT2D eigenvalue weighted by molar-refractivity contribution is 5.18. The van der Waals surface area contributed by atoms with Crippen LogP contribution in [0.4, 0.5) is 0 Å². The maximum atomic E-state index is 10.2. The van der Waals surface area contributed by atoms with Crippen molar-refractivity contribution in [3.05, 3.63) is 11.6 Å². The average molecular weight is 238 g/mol. The molecule has 0 amide bonds. The Morgan fingerprint density at radius 2 is 2.06 bits per heavy atom. The topological polar surface area (TPSA) is 40.5 Å². The summed E-state index contributed by atoms with van der Waals surface area (Å²) in [6.07, 6.45) is 5.89. The largest absolute Gasteiger partial charge is 0.390 e. The molecular weight excluding hydrogens is 212 g/mol. The molecule has 1 fully saturated rings. The van der Waals surface area contributed by atoms with Crippen LogP contribution in [0.25, 0.3) is 0 Å². The van der Waals surface area contributed by atoms with Crippen LogP contribution in [0.2, 0.25) is 0 Å². The van der Waals surface area contributed by atoms with Gasteiger partial charge in [-0.3, -0.25) is 0 Å². The molecule has 4 atom stereocenters. The number of hydrogen-bond donors (Lipinski definition) is 2. The van der Waals surface area contributed by atoms with E-state index in [4.69, 9.17) is 0 Å². The van der Waals surface area contributed by atoms with Gasteiger partial charge in [0.05, 0.1) is 11.7 Å². The van der Waals surface area contributed by atoms with Crippen LogP contribution in [0, 0.1) is 17.3 Å². The quantitative estimate of drug-likeness (QED) is 0.690. The minimum absolute atomic E-state index is 0.236. The van der Waals surface area contributed by atoms with Crippen molar-refractivity contribution in [1.29, 1.82) is 0 Å². The standard InChI is InChI=1S/C15H26O2/c1-10-7-12(16)9-15(4)6-5-11(8-13(10)15)14(2,3)17/h7,11-13,16-17H,5-6,8-9H2,1-4H3/t11-,12-,13?,15+/m1/s1. The van der Waals surface area contributed by atoms with Crippen molar-refractivity contribution in [3.8, 4) is 0 Å². The van der Waals surface area contributed by atoms with Gasteiger partial charge in [0.25, 0.3) is 0 Å². The van der Waals surface area contributed by atoms with Crippen LogP contribution in [0.5, 0.6) is 0 Å². The van der Waals surface area contributed by atoms with Crippen LogP contribution >= 0.6 is 0 Å². The molecule has 2 aliphatic carbocycles. The van der Waals surface area contributed by atoms with E-state index in [0.717, 1.165) is 25.7 Å². The Labute approximate surface area is 105 Å². The lowest BCUT2D eigenvalue weighted by molar-refractivity contribution is -0.0463. The van der Waals surface area contributed by atoms with E-state index in [1.54, 1.807) is 0 Å². The minimum Gasteiger partial charge on any atom is -0.390 e. The third kappa shape index (κ3) is 2.43. The van der Waals surface area contributed by atoms with E-state index in [1.165, 1.54) is 5.57 Å². The van der Waals surface area contributed by atoms with E-state index in [9.17, 15) is 10.2 Å². The van der Waals surface area contributed by atoms with Gasteiger partial charge in [0.15, 0.2) is 0 Å². The number of aliphatic hydroxyl groups is 2. The lowest BCUT2D eigenvalue weighted by Gasteiger charge is -2.50. The van der Waals surface area contributed by atoms with Crippen molar-refractivity contribution >= 4 is 0 Å². The molecule has 2 heteroatoms. The van der Waals surface area contributed by atoms with Gasteiger partial charge in [-0.1, -0.05) is 18.6 Å². The summed E-state index contributed by atoms with van der Waals surface area (Å²) in [6, 6.07) is 0. The Kier molecular flexibility index (Phi) is 3.16. The summed E-state index contributed by atoms with van der Waals surface area (Å²) in [4.78, 5) is 0. The second kappa shape index (κ2) is 4.10. The maximum Gasteiger partial charge on any atom is 0.0728 e. The first-order valence-electron chi connectivity index (χ1n) is 6.81. The molecule has 0 spiro atoms. The number of allylic oxidation sites excluding steroid dienone is 1. The van der Waals surface area contributed by atoms with Gasteiger partial charge in [-0.25, -0.2) is 0 Å². The summed E-state index contributed by atoms with van der Waals surface area (Å²) >= 11 is 0. The molecule has 1 unspecified atom stereocenters. The zero-order valence-electron chi connectivity index (χ0n) is 11.5.